The lowest BCUT2D eigenvalue weighted by Gasteiger charge is -2.26. The molecule has 0 saturated carbocycles. The van der Waals surface area contributed by atoms with Gasteiger partial charge in [0.25, 0.3) is 5.92 Å². The van der Waals surface area contributed by atoms with Crippen molar-refractivity contribution in [2.45, 2.75) is 32.6 Å². The van der Waals surface area contributed by atoms with Crippen molar-refractivity contribution in [2.75, 3.05) is 19.7 Å². The summed E-state index contributed by atoms with van der Waals surface area (Å²) in [4.78, 5) is 0. The summed E-state index contributed by atoms with van der Waals surface area (Å²) in [5.41, 5.74) is -0.0501. The minimum Gasteiger partial charge on any atom is -0.396 e. The summed E-state index contributed by atoms with van der Waals surface area (Å²) >= 11 is 0. The second-order valence-electron chi connectivity index (χ2n) is 5.67. The topological polar surface area (TPSA) is 32.3 Å². The predicted octanol–water partition coefficient (Wildman–Crippen LogP) is 3.17. The van der Waals surface area contributed by atoms with Crippen LogP contribution in [0.4, 0.5) is 8.78 Å². The van der Waals surface area contributed by atoms with Gasteiger partial charge in [0, 0.05) is 18.7 Å². The van der Waals surface area contributed by atoms with Crippen LogP contribution in [0.25, 0.3) is 0 Å². The van der Waals surface area contributed by atoms with Crippen LogP contribution in [0.2, 0.25) is 0 Å². The van der Waals surface area contributed by atoms with Crippen molar-refractivity contribution >= 4 is 0 Å². The molecule has 0 saturated heterocycles. The van der Waals surface area contributed by atoms with E-state index in [1.807, 2.05) is 13.8 Å². The number of nitrogens with one attached hydrogen (secondary N) is 1. The third-order valence-corrected chi connectivity index (χ3v) is 3.16. The summed E-state index contributed by atoms with van der Waals surface area (Å²) < 4.78 is 27.8. The number of alkyl halides is 2. The van der Waals surface area contributed by atoms with Crippen LogP contribution in [0.5, 0.6) is 0 Å². The molecule has 0 atom stereocenters. The van der Waals surface area contributed by atoms with Crippen LogP contribution in [0.1, 0.15) is 32.3 Å². The Labute approximate surface area is 113 Å². The van der Waals surface area contributed by atoms with E-state index in [1.165, 1.54) is 12.1 Å². The molecule has 0 unspecified atom stereocenters. The third-order valence-electron chi connectivity index (χ3n) is 3.16. The van der Waals surface area contributed by atoms with Crippen LogP contribution in [-0.2, 0) is 5.92 Å². The molecule has 1 rings (SSSR count). The number of hydrogen-bond donors (Lipinski definition) is 2. The molecule has 0 bridgehead atoms. The average molecular weight is 271 g/mol. The Hall–Kier alpha value is -1.00. The minimum absolute atomic E-state index is 0.0377. The van der Waals surface area contributed by atoms with E-state index >= 15 is 0 Å². The molecule has 1 aromatic rings. The molecule has 0 heterocycles. The lowest BCUT2D eigenvalue weighted by atomic mass is 9.88. The van der Waals surface area contributed by atoms with Gasteiger partial charge >= 0.3 is 0 Å². The summed E-state index contributed by atoms with van der Waals surface area (Å²) in [6.07, 6.45) is 1.51. The van der Waals surface area contributed by atoms with E-state index in [0.717, 1.165) is 6.42 Å². The monoisotopic (exact) mass is 271 g/mol. The highest BCUT2D eigenvalue weighted by atomic mass is 19.3. The normalized spacial score (nSPS) is 12.7. The molecule has 108 valence electrons. The summed E-state index contributed by atoms with van der Waals surface area (Å²) in [5.74, 6) is -2.85. The lowest BCUT2D eigenvalue weighted by molar-refractivity contribution is -0.00517. The second-order valence-corrected chi connectivity index (χ2v) is 5.67. The van der Waals surface area contributed by atoms with Crippen LogP contribution >= 0.6 is 0 Å². The first-order valence-corrected chi connectivity index (χ1v) is 6.62. The summed E-state index contributed by atoms with van der Waals surface area (Å²) in [7, 11) is 0. The molecule has 2 nitrogen and oxygen atoms in total. The Morgan fingerprint density at radius 3 is 2.32 bits per heavy atom. The molecule has 0 spiro atoms. The molecule has 0 amide bonds. The molecule has 4 heteroatoms. The highest BCUT2D eigenvalue weighted by Crippen LogP contribution is 2.27. The van der Waals surface area contributed by atoms with Crippen molar-refractivity contribution in [3.05, 3.63) is 35.9 Å². The maximum Gasteiger partial charge on any atom is 0.285 e. The third kappa shape index (κ3) is 5.66. The number of aliphatic hydroxyl groups is 1. The van der Waals surface area contributed by atoms with Crippen LogP contribution < -0.4 is 5.32 Å². The fourth-order valence-electron chi connectivity index (χ4n) is 1.99. The van der Waals surface area contributed by atoms with Gasteiger partial charge < -0.3 is 10.4 Å². The van der Waals surface area contributed by atoms with Crippen molar-refractivity contribution in [1.82, 2.24) is 5.32 Å². The fourth-order valence-corrected chi connectivity index (χ4v) is 1.99. The quantitative estimate of drug-likeness (QED) is 0.761. The number of benzene rings is 1. The molecule has 0 aromatic heterocycles. The van der Waals surface area contributed by atoms with Gasteiger partial charge in [-0.3, -0.25) is 0 Å². The lowest BCUT2D eigenvalue weighted by Crippen LogP contribution is -2.37. The Morgan fingerprint density at radius 2 is 1.74 bits per heavy atom. The minimum atomic E-state index is -2.85. The number of rotatable bonds is 8. The van der Waals surface area contributed by atoms with Crippen LogP contribution in [0.15, 0.2) is 30.3 Å². The summed E-state index contributed by atoms with van der Waals surface area (Å²) in [6.45, 7) is 4.31. The van der Waals surface area contributed by atoms with Gasteiger partial charge in [0.15, 0.2) is 0 Å². The first-order chi connectivity index (χ1) is 8.87. The van der Waals surface area contributed by atoms with Gasteiger partial charge in [0.1, 0.15) is 0 Å². The zero-order chi connectivity index (χ0) is 14.4. The largest absolute Gasteiger partial charge is 0.396 e. The molecular formula is C15H23F2NO. The SMILES string of the molecule is CC(C)(CCCO)CNCC(F)(F)c1ccccc1. The highest BCUT2D eigenvalue weighted by Gasteiger charge is 2.31. The van der Waals surface area contributed by atoms with E-state index < -0.39 is 5.92 Å². The molecule has 2 N–H and O–H groups in total. The molecule has 0 aliphatic heterocycles. The van der Waals surface area contributed by atoms with Crippen LogP contribution in [0, 0.1) is 5.41 Å². The Kier molecular flexibility index (Phi) is 5.88. The van der Waals surface area contributed by atoms with Crippen LogP contribution in [0.3, 0.4) is 0 Å². The molecule has 0 aliphatic carbocycles. The average Bonchev–Trinajstić information content (AvgIpc) is 2.37. The van der Waals surface area contributed by atoms with Crippen molar-refractivity contribution in [3.8, 4) is 0 Å². The van der Waals surface area contributed by atoms with Gasteiger partial charge in [-0.2, -0.15) is 8.78 Å². The van der Waals surface area contributed by atoms with E-state index in [2.05, 4.69) is 5.32 Å². The van der Waals surface area contributed by atoms with Gasteiger partial charge in [-0.1, -0.05) is 44.2 Å². The van der Waals surface area contributed by atoms with Gasteiger partial charge in [-0.25, -0.2) is 0 Å². The standard InChI is InChI=1S/C15H23F2NO/c1-14(2,9-6-10-19)11-18-12-15(16,17)13-7-4-3-5-8-13/h3-5,7-8,18-19H,6,9-12H2,1-2H3. The predicted molar refractivity (Wildman–Crippen MR) is 73.3 cm³/mol. The zero-order valence-corrected chi connectivity index (χ0v) is 11.6. The molecule has 19 heavy (non-hydrogen) atoms. The highest BCUT2D eigenvalue weighted by molar-refractivity contribution is 5.20. The first-order valence-electron chi connectivity index (χ1n) is 6.62. The van der Waals surface area contributed by atoms with E-state index in [9.17, 15) is 8.78 Å². The van der Waals surface area contributed by atoms with Gasteiger partial charge in [-0.15, -0.1) is 0 Å². The first kappa shape index (κ1) is 16.1. The van der Waals surface area contributed by atoms with Gasteiger partial charge in [-0.05, 0) is 18.3 Å². The molecular weight excluding hydrogens is 248 g/mol. The fraction of sp³-hybridized carbons (Fsp3) is 0.600. The summed E-state index contributed by atoms with van der Waals surface area (Å²) in [5, 5.41) is 11.6. The molecule has 0 radical (unpaired) electrons. The van der Waals surface area contributed by atoms with Gasteiger partial charge in [0.2, 0.25) is 0 Å². The van der Waals surface area contributed by atoms with Crippen molar-refractivity contribution < 1.29 is 13.9 Å². The van der Waals surface area contributed by atoms with Crippen molar-refractivity contribution in [3.63, 3.8) is 0 Å². The number of halogens is 2. The molecule has 0 fully saturated rings. The van der Waals surface area contributed by atoms with E-state index in [-0.39, 0.29) is 24.1 Å². The number of aliphatic hydroxyl groups excluding tert-OH is 1. The van der Waals surface area contributed by atoms with E-state index in [1.54, 1.807) is 18.2 Å². The zero-order valence-electron chi connectivity index (χ0n) is 11.6. The smallest absolute Gasteiger partial charge is 0.285 e. The van der Waals surface area contributed by atoms with Crippen LogP contribution in [-0.4, -0.2) is 24.8 Å². The molecule has 1 aromatic carbocycles. The second kappa shape index (κ2) is 6.96. The van der Waals surface area contributed by atoms with E-state index in [4.69, 9.17) is 5.11 Å². The summed E-state index contributed by atoms with van der Waals surface area (Å²) in [6, 6.07) is 7.85. The van der Waals surface area contributed by atoms with Crippen molar-refractivity contribution in [2.24, 2.45) is 5.41 Å². The maximum atomic E-state index is 13.9. The Morgan fingerprint density at radius 1 is 1.11 bits per heavy atom. The van der Waals surface area contributed by atoms with E-state index in [0.29, 0.717) is 13.0 Å². The molecule has 0 aliphatic rings. The Balaban J connectivity index is 2.44. The van der Waals surface area contributed by atoms with Gasteiger partial charge in [0.05, 0.1) is 6.54 Å². The Bertz CT molecular complexity index is 366. The number of hydrogen-bond acceptors (Lipinski definition) is 2. The van der Waals surface area contributed by atoms with Crippen molar-refractivity contribution in [1.29, 1.82) is 0 Å². The maximum absolute atomic E-state index is 13.9.